The zero-order valence-electron chi connectivity index (χ0n) is 13.6. The number of carbonyl (C=O) groups is 2. The summed E-state index contributed by atoms with van der Waals surface area (Å²) in [7, 11) is 1.47. The first kappa shape index (κ1) is 16.5. The van der Waals surface area contributed by atoms with Crippen LogP contribution in [-0.2, 0) is 19.2 Å². The van der Waals surface area contributed by atoms with Crippen molar-refractivity contribution in [2.75, 3.05) is 7.11 Å². The van der Waals surface area contributed by atoms with E-state index in [4.69, 9.17) is 4.74 Å². The number of nitrogens with zero attached hydrogens (tertiary/aromatic N) is 1. The van der Waals surface area contributed by atoms with E-state index in [-0.39, 0.29) is 35.4 Å². The first-order valence-electron chi connectivity index (χ1n) is 7.45. The Morgan fingerprint density at radius 2 is 2.18 bits per heavy atom. The molecule has 0 bridgehead atoms. The van der Waals surface area contributed by atoms with Crippen molar-refractivity contribution < 1.29 is 19.2 Å². The molecule has 2 aliphatic carbocycles. The number of rotatable bonds is 6. The number of ketones is 1. The first-order valence-corrected chi connectivity index (χ1v) is 7.45. The van der Waals surface area contributed by atoms with Gasteiger partial charge in [-0.2, -0.15) is 0 Å². The van der Waals surface area contributed by atoms with Crippen molar-refractivity contribution in [2.24, 2.45) is 22.4 Å². The smallest absolute Gasteiger partial charge is 0.310 e. The summed E-state index contributed by atoms with van der Waals surface area (Å²) in [4.78, 5) is 29.0. The second kappa shape index (κ2) is 6.07. The van der Waals surface area contributed by atoms with Crippen LogP contribution in [0.3, 0.4) is 0 Å². The van der Waals surface area contributed by atoms with Crippen LogP contribution in [0.5, 0.6) is 0 Å². The van der Waals surface area contributed by atoms with E-state index in [9.17, 15) is 9.59 Å². The van der Waals surface area contributed by atoms with Crippen LogP contribution in [-0.4, -0.2) is 31.2 Å². The normalized spacial score (nSPS) is 29.8. The van der Waals surface area contributed by atoms with Gasteiger partial charge in [0.15, 0.2) is 5.78 Å². The Kier molecular flexibility index (Phi) is 4.54. The summed E-state index contributed by atoms with van der Waals surface area (Å²) in [5.74, 6) is -0.455. The molecule has 5 heteroatoms. The van der Waals surface area contributed by atoms with Crippen LogP contribution in [0.1, 0.15) is 33.6 Å². The quantitative estimate of drug-likeness (QED) is 0.327. The number of hydrogen-bond donors (Lipinski definition) is 0. The molecule has 1 saturated carbocycles. The summed E-state index contributed by atoms with van der Waals surface area (Å²) in [5.41, 5.74) is 1.38. The molecule has 0 heterocycles. The molecule has 2 rings (SSSR count). The lowest BCUT2D eigenvalue weighted by Crippen LogP contribution is -2.20. The average Bonchev–Trinajstić information content (AvgIpc) is 2.91. The van der Waals surface area contributed by atoms with Gasteiger partial charge in [0.25, 0.3) is 0 Å². The van der Waals surface area contributed by atoms with Crippen LogP contribution in [0, 0.1) is 17.3 Å². The number of esters is 1. The standard InChI is InChI=1S/C17H23NO4/c1-6-7-11-10(2)14(8-13(11)19)22-16(20)15-12(9-18-21-5)17(15,3)4/h6,9,12,14-15H,1,7-8H2,2-5H3/b18-9-/t12-,14+,15+/m1/s1. The van der Waals surface area contributed by atoms with E-state index in [0.29, 0.717) is 6.42 Å². The van der Waals surface area contributed by atoms with Gasteiger partial charge < -0.3 is 9.57 Å². The molecule has 0 N–H and O–H groups in total. The monoisotopic (exact) mass is 305 g/mol. The van der Waals surface area contributed by atoms with Gasteiger partial charge in [0.2, 0.25) is 0 Å². The number of hydrogen-bond acceptors (Lipinski definition) is 5. The van der Waals surface area contributed by atoms with Gasteiger partial charge in [-0.1, -0.05) is 25.1 Å². The lowest BCUT2D eigenvalue weighted by atomic mass is 10.1. The summed E-state index contributed by atoms with van der Waals surface area (Å²) in [5, 5.41) is 3.75. The molecule has 0 radical (unpaired) electrons. The van der Waals surface area contributed by atoms with E-state index in [1.165, 1.54) is 7.11 Å². The third-order valence-electron chi connectivity index (χ3n) is 4.76. The lowest BCUT2D eigenvalue weighted by Gasteiger charge is -2.13. The maximum absolute atomic E-state index is 12.4. The number of allylic oxidation sites excluding steroid dienone is 2. The van der Waals surface area contributed by atoms with Crippen LogP contribution in [0.2, 0.25) is 0 Å². The van der Waals surface area contributed by atoms with Crippen molar-refractivity contribution in [3.8, 4) is 0 Å². The van der Waals surface area contributed by atoms with Crippen molar-refractivity contribution in [1.82, 2.24) is 0 Å². The summed E-state index contributed by atoms with van der Waals surface area (Å²) in [6.07, 6.45) is 3.67. The number of carbonyl (C=O) groups excluding carboxylic acids is 2. The average molecular weight is 305 g/mol. The van der Waals surface area contributed by atoms with E-state index < -0.39 is 6.10 Å². The Labute approximate surface area is 131 Å². The molecule has 0 aromatic carbocycles. The SMILES string of the molecule is C=CCC1=C(C)[C@@H](OC(=O)[C@@H]2[C@@H](/C=N\OC)C2(C)C)CC1=O. The van der Waals surface area contributed by atoms with Crippen molar-refractivity contribution in [2.45, 2.75) is 39.7 Å². The summed E-state index contributed by atoms with van der Waals surface area (Å²) in [6.45, 7) is 9.50. The van der Waals surface area contributed by atoms with Gasteiger partial charge in [0.05, 0.1) is 12.3 Å². The fourth-order valence-corrected chi connectivity index (χ4v) is 3.15. The summed E-state index contributed by atoms with van der Waals surface area (Å²) < 4.78 is 5.59. The van der Waals surface area contributed by atoms with E-state index >= 15 is 0 Å². The van der Waals surface area contributed by atoms with Gasteiger partial charge >= 0.3 is 5.97 Å². The van der Waals surface area contributed by atoms with Crippen LogP contribution in [0.15, 0.2) is 29.0 Å². The predicted molar refractivity (Wildman–Crippen MR) is 83.3 cm³/mol. The van der Waals surface area contributed by atoms with Gasteiger partial charge in [0.1, 0.15) is 13.2 Å². The van der Waals surface area contributed by atoms with Crippen molar-refractivity contribution in [3.63, 3.8) is 0 Å². The molecule has 0 unspecified atom stereocenters. The summed E-state index contributed by atoms with van der Waals surface area (Å²) >= 11 is 0. The minimum atomic E-state index is -0.439. The van der Waals surface area contributed by atoms with Gasteiger partial charge in [-0.15, -0.1) is 6.58 Å². The van der Waals surface area contributed by atoms with E-state index in [2.05, 4.69) is 16.6 Å². The Balaban J connectivity index is 2.03. The zero-order valence-corrected chi connectivity index (χ0v) is 13.6. The molecule has 0 spiro atoms. The molecular weight excluding hydrogens is 282 g/mol. The molecule has 3 atom stereocenters. The van der Waals surface area contributed by atoms with Crippen LogP contribution in [0.25, 0.3) is 0 Å². The number of oxime groups is 1. The Morgan fingerprint density at radius 3 is 2.77 bits per heavy atom. The fraction of sp³-hybridized carbons (Fsp3) is 0.588. The van der Waals surface area contributed by atoms with Gasteiger partial charge in [-0.05, 0) is 24.3 Å². The molecule has 120 valence electrons. The van der Waals surface area contributed by atoms with Crippen LogP contribution < -0.4 is 0 Å². The van der Waals surface area contributed by atoms with E-state index in [0.717, 1.165) is 11.1 Å². The Hall–Kier alpha value is -1.91. The third-order valence-corrected chi connectivity index (χ3v) is 4.76. The molecule has 5 nitrogen and oxygen atoms in total. The fourth-order valence-electron chi connectivity index (χ4n) is 3.15. The van der Waals surface area contributed by atoms with Crippen LogP contribution in [0.4, 0.5) is 0 Å². The molecule has 1 fully saturated rings. The summed E-state index contributed by atoms with van der Waals surface area (Å²) in [6, 6.07) is 0. The number of Topliss-reactive ketones (excluding diaryl/α,β-unsaturated/α-hetero) is 1. The Bertz CT molecular complexity index is 559. The molecule has 0 aromatic heterocycles. The van der Waals surface area contributed by atoms with Crippen LogP contribution >= 0.6 is 0 Å². The zero-order chi connectivity index (χ0) is 16.5. The van der Waals surface area contributed by atoms with Gasteiger partial charge in [-0.3, -0.25) is 9.59 Å². The highest BCUT2D eigenvalue weighted by Crippen LogP contribution is 2.58. The molecule has 2 aliphatic rings. The second-order valence-electron chi connectivity index (χ2n) is 6.47. The molecule has 22 heavy (non-hydrogen) atoms. The highest BCUT2D eigenvalue weighted by atomic mass is 16.6. The largest absolute Gasteiger partial charge is 0.457 e. The first-order chi connectivity index (χ1) is 10.3. The van der Waals surface area contributed by atoms with Crippen molar-refractivity contribution in [1.29, 1.82) is 0 Å². The molecule has 0 saturated heterocycles. The minimum absolute atomic E-state index is 0.00832. The number of ether oxygens (including phenoxy) is 1. The maximum atomic E-state index is 12.4. The van der Waals surface area contributed by atoms with E-state index in [1.54, 1.807) is 12.3 Å². The van der Waals surface area contributed by atoms with Gasteiger partial charge in [0, 0.05) is 17.7 Å². The molecule has 0 amide bonds. The molecular formula is C17H23NO4. The van der Waals surface area contributed by atoms with E-state index in [1.807, 2.05) is 20.8 Å². The third kappa shape index (κ3) is 2.85. The predicted octanol–water partition coefficient (Wildman–Crippen LogP) is 2.67. The molecule has 0 aromatic rings. The van der Waals surface area contributed by atoms with Crippen molar-refractivity contribution >= 4 is 18.0 Å². The Morgan fingerprint density at radius 1 is 1.50 bits per heavy atom. The highest BCUT2D eigenvalue weighted by molar-refractivity contribution is 6.00. The second-order valence-corrected chi connectivity index (χ2v) is 6.47. The van der Waals surface area contributed by atoms with Crippen molar-refractivity contribution in [3.05, 3.63) is 23.8 Å². The maximum Gasteiger partial charge on any atom is 0.310 e. The molecule has 0 aliphatic heterocycles. The lowest BCUT2D eigenvalue weighted by molar-refractivity contribution is -0.150. The van der Waals surface area contributed by atoms with Gasteiger partial charge in [-0.25, -0.2) is 0 Å². The minimum Gasteiger partial charge on any atom is -0.457 e. The highest BCUT2D eigenvalue weighted by Gasteiger charge is 2.62. The topological polar surface area (TPSA) is 65.0 Å².